The molecule has 134 valence electrons. The molecule has 3 rings (SSSR count). The van der Waals surface area contributed by atoms with Crippen LogP contribution in [0.25, 0.3) is 10.9 Å². The number of anilines is 2. The maximum atomic E-state index is 12.5. The summed E-state index contributed by atoms with van der Waals surface area (Å²) in [5, 5.41) is 3.40. The van der Waals surface area contributed by atoms with Crippen LogP contribution in [0, 0.1) is 0 Å². The fraction of sp³-hybridized carbons (Fsp3) is 0.118. The number of halogens is 2. The number of benzene rings is 2. The Labute approximate surface area is 157 Å². The maximum Gasteiger partial charge on any atom is 0.328 e. The number of H-pyrrole nitrogens is 1. The molecule has 0 atom stereocenters. The van der Waals surface area contributed by atoms with E-state index in [1.54, 1.807) is 6.92 Å². The van der Waals surface area contributed by atoms with E-state index in [0.717, 1.165) is 4.57 Å². The number of nitrogens with two attached hydrogens (primary N) is 1. The molecule has 7 nitrogen and oxygen atoms in total. The minimum atomic E-state index is -0.528. The number of nitrogen functional groups attached to an aromatic ring is 1. The summed E-state index contributed by atoms with van der Waals surface area (Å²) in [5.41, 5.74) is 5.86. The molecule has 0 fully saturated rings. The Morgan fingerprint density at radius 1 is 1.19 bits per heavy atom. The summed E-state index contributed by atoms with van der Waals surface area (Å²) in [6, 6.07) is 7.39. The van der Waals surface area contributed by atoms with Gasteiger partial charge in [0.15, 0.2) is 0 Å². The number of carbonyl (C=O) groups excluding carboxylic acids is 1. The number of nitrogens with one attached hydrogen (secondary N) is 2. The summed E-state index contributed by atoms with van der Waals surface area (Å²) in [6.07, 6.45) is 0. The Morgan fingerprint density at radius 3 is 2.46 bits per heavy atom. The van der Waals surface area contributed by atoms with Crippen molar-refractivity contribution in [3.05, 3.63) is 66.8 Å². The molecule has 4 N–H and O–H groups in total. The van der Waals surface area contributed by atoms with Gasteiger partial charge in [-0.3, -0.25) is 14.2 Å². The zero-order chi connectivity index (χ0) is 19.0. The molecule has 1 amide bonds. The van der Waals surface area contributed by atoms with E-state index in [1.165, 1.54) is 30.3 Å². The van der Waals surface area contributed by atoms with Crippen molar-refractivity contribution >= 4 is 51.4 Å². The molecule has 0 aliphatic rings. The van der Waals surface area contributed by atoms with E-state index in [9.17, 15) is 14.4 Å². The van der Waals surface area contributed by atoms with Crippen LogP contribution < -0.4 is 22.3 Å². The van der Waals surface area contributed by atoms with Crippen LogP contribution in [0.15, 0.2) is 39.9 Å². The molecular formula is C17H14Cl2N4O3. The second-order valence-corrected chi connectivity index (χ2v) is 6.36. The second kappa shape index (κ2) is 6.86. The molecule has 3 aromatic rings. The van der Waals surface area contributed by atoms with E-state index in [1.807, 2.05) is 0 Å². The third-order valence-electron chi connectivity index (χ3n) is 3.90. The van der Waals surface area contributed by atoms with Crippen LogP contribution in [0.3, 0.4) is 0 Å². The molecule has 0 bridgehead atoms. The minimum absolute atomic E-state index is 0.218. The van der Waals surface area contributed by atoms with Gasteiger partial charge in [-0.15, -0.1) is 0 Å². The van der Waals surface area contributed by atoms with Crippen molar-refractivity contribution in [1.29, 1.82) is 0 Å². The van der Waals surface area contributed by atoms with E-state index >= 15 is 0 Å². The average Bonchev–Trinajstić information content (AvgIpc) is 2.59. The van der Waals surface area contributed by atoms with Gasteiger partial charge in [0.05, 0.1) is 26.6 Å². The molecule has 9 heteroatoms. The third kappa shape index (κ3) is 3.18. The summed E-state index contributed by atoms with van der Waals surface area (Å²) in [4.78, 5) is 39.2. The monoisotopic (exact) mass is 392 g/mol. The molecule has 1 aromatic heterocycles. The first-order chi connectivity index (χ1) is 12.3. The van der Waals surface area contributed by atoms with Gasteiger partial charge in [-0.05, 0) is 37.3 Å². The molecule has 0 aliphatic heterocycles. The second-order valence-electron chi connectivity index (χ2n) is 5.55. The van der Waals surface area contributed by atoms with Crippen LogP contribution in [0.2, 0.25) is 10.0 Å². The SMILES string of the molecule is CCn1c(=O)[nH]c2cc(C(=O)Nc3cc(Cl)c(N)c(Cl)c3)ccc2c1=O. The highest BCUT2D eigenvalue weighted by Gasteiger charge is 2.12. The number of aromatic amines is 1. The van der Waals surface area contributed by atoms with Crippen molar-refractivity contribution in [3.8, 4) is 0 Å². The molecule has 0 aliphatic carbocycles. The normalized spacial score (nSPS) is 10.9. The maximum absolute atomic E-state index is 12.5. The number of hydrogen-bond donors (Lipinski definition) is 3. The van der Waals surface area contributed by atoms with Crippen molar-refractivity contribution < 1.29 is 4.79 Å². The lowest BCUT2D eigenvalue weighted by atomic mass is 10.1. The lowest BCUT2D eigenvalue weighted by molar-refractivity contribution is 0.102. The third-order valence-corrected chi connectivity index (χ3v) is 4.52. The largest absolute Gasteiger partial charge is 0.396 e. The van der Waals surface area contributed by atoms with Gasteiger partial charge in [0.25, 0.3) is 11.5 Å². The summed E-state index contributed by atoms with van der Waals surface area (Å²) >= 11 is 11.9. The lowest BCUT2D eigenvalue weighted by Crippen LogP contribution is -2.34. The van der Waals surface area contributed by atoms with Gasteiger partial charge >= 0.3 is 5.69 Å². The Hall–Kier alpha value is -2.77. The first-order valence-electron chi connectivity index (χ1n) is 7.64. The molecule has 1 heterocycles. The smallest absolute Gasteiger partial charge is 0.328 e. The standard InChI is InChI=1S/C17H14Cl2N4O3/c1-2-23-16(25)10-4-3-8(5-13(10)22-17(23)26)15(24)21-9-6-11(18)14(20)12(19)7-9/h3-7H,2,20H2,1H3,(H,21,24)(H,22,26). The molecule has 26 heavy (non-hydrogen) atoms. The molecule has 0 saturated carbocycles. The van der Waals surface area contributed by atoms with Crippen LogP contribution in [-0.2, 0) is 6.54 Å². The fourth-order valence-electron chi connectivity index (χ4n) is 2.54. The van der Waals surface area contributed by atoms with Crippen LogP contribution >= 0.6 is 23.2 Å². The van der Waals surface area contributed by atoms with E-state index < -0.39 is 17.2 Å². The Bertz CT molecular complexity index is 1130. The molecule has 0 spiro atoms. The number of carbonyl (C=O) groups is 1. The summed E-state index contributed by atoms with van der Waals surface area (Å²) in [6.45, 7) is 1.96. The zero-order valence-corrected chi connectivity index (χ0v) is 15.1. The summed E-state index contributed by atoms with van der Waals surface area (Å²) in [5.74, 6) is -0.454. The van der Waals surface area contributed by atoms with E-state index in [4.69, 9.17) is 28.9 Å². The van der Waals surface area contributed by atoms with Gasteiger partial charge in [0, 0.05) is 17.8 Å². The highest BCUT2D eigenvalue weighted by atomic mass is 35.5. The van der Waals surface area contributed by atoms with Crippen molar-refractivity contribution in [2.75, 3.05) is 11.1 Å². The number of fused-ring (bicyclic) bond motifs is 1. The predicted molar refractivity (Wildman–Crippen MR) is 103 cm³/mol. The lowest BCUT2D eigenvalue weighted by Gasteiger charge is -2.09. The summed E-state index contributed by atoms with van der Waals surface area (Å²) < 4.78 is 1.08. The van der Waals surface area contributed by atoms with E-state index in [0.29, 0.717) is 11.1 Å². The van der Waals surface area contributed by atoms with Crippen LogP contribution in [0.1, 0.15) is 17.3 Å². The Balaban J connectivity index is 1.99. The topological polar surface area (TPSA) is 110 Å². The van der Waals surface area contributed by atoms with Gasteiger partial charge in [-0.1, -0.05) is 23.2 Å². The van der Waals surface area contributed by atoms with Crippen LogP contribution in [-0.4, -0.2) is 15.5 Å². The molecule has 0 saturated heterocycles. The van der Waals surface area contributed by atoms with Crippen molar-refractivity contribution in [1.82, 2.24) is 9.55 Å². The molecular weight excluding hydrogens is 379 g/mol. The van der Waals surface area contributed by atoms with Crippen molar-refractivity contribution in [3.63, 3.8) is 0 Å². The minimum Gasteiger partial charge on any atom is -0.396 e. The average molecular weight is 393 g/mol. The fourth-order valence-corrected chi connectivity index (χ4v) is 3.03. The van der Waals surface area contributed by atoms with Crippen LogP contribution in [0.5, 0.6) is 0 Å². The number of amides is 1. The first-order valence-corrected chi connectivity index (χ1v) is 8.40. The van der Waals surface area contributed by atoms with Gasteiger partial charge in [-0.25, -0.2) is 4.79 Å². The summed E-state index contributed by atoms with van der Waals surface area (Å²) in [7, 11) is 0. The van der Waals surface area contributed by atoms with Gasteiger partial charge in [0.1, 0.15) is 0 Å². The zero-order valence-electron chi connectivity index (χ0n) is 13.6. The predicted octanol–water partition coefficient (Wildman–Crippen LogP) is 2.85. The Morgan fingerprint density at radius 2 is 1.85 bits per heavy atom. The van der Waals surface area contributed by atoms with E-state index in [2.05, 4.69) is 10.3 Å². The quantitative estimate of drug-likeness (QED) is 0.595. The van der Waals surface area contributed by atoms with Crippen LogP contribution in [0.4, 0.5) is 11.4 Å². The number of rotatable bonds is 3. The first kappa shape index (κ1) is 18.0. The highest BCUT2D eigenvalue weighted by Crippen LogP contribution is 2.31. The Kier molecular flexibility index (Phi) is 4.76. The number of aromatic nitrogens is 2. The van der Waals surface area contributed by atoms with Gasteiger partial charge < -0.3 is 16.0 Å². The van der Waals surface area contributed by atoms with Crippen molar-refractivity contribution in [2.24, 2.45) is 0 Å². The van der Waals surface area contributed by atoms with Gasteiger partial charge in [0.2, 0.25) is 0 Å². The number of hydrogen-bond acceptors (Lipinski definition) is 4. The molecule has 2 aromatic carbocycles. The van der Waals surface area contributed by atoms with Crippen molar-refractivity contribution in [2.45, 2.75) is 13.5 Å². The number of nitrogens with zero attached hydrogens (tertiary/aromatic N) is 1. The van der Waals surface area contributed by atoms with E-state index in [-0.39, 0.29) is 33.4 Å². The van der Waals surface area contributed by atoms with Gasteiger partial charge in [-0.2, -0.15) is 0 Å². The highest BCUT2D eigenvalue weighted by molar-refractivity contribution is 6.39. The molecule has 0 radical (unpaired) electrons. The molecule has 0 unspecified atom stereocenters.